The van der Waals surface area contributed by atoms with E-state index in [-0.39, 0.29) is 27.1 Å². The Labute approximate surface area is 172 Å². The van der Waals surface area contributed by atoms with Gasteiger partial charge in [-0.25, -0.2) is 13.2 Å². The van der Waals surface area contributed by atoms with Gasteiger partial charge in [-0.05, 0) is 35.9 Å². The van der Waals surface area contributed by atoms with Gasteiger partial charge in [-0.15, -0.1) is 0 Å². The van der Waals surface area contributed by atoms with E-state index in [0.29, 0.717) is 5.06 Å². The first-order valence-corrected chi connectivity index (χ1v) is 10.6. The zero-order chi connectivity index (χ0) is 21.3. The Morgan fingerprint density at radius 1 is 0.767 bits per heavy atom. The fourth-order valence-corrected chi connectivity index (χ4v) is 4.54. The summed E-state index contributed by atoms with van der Waals surface area (Å²) < 4.78 is 25.4. The molecule has 8 heteroatoms. The second-order valence-corrected chi connectivity index (χ2v) is 8.55. The molecule has 0 saturated carbocycles. The third-order valence-electron chi connectivity index (χ3n) is 4.62. The van der Waals surface area contributed by atoms with Gasteiger partial charge in [-0.3, -0.25) is 9.59 Å². The standard InChI is InChI=1S/C22H15NO6S/c24-20-18-12-6-7-13-19(18)21(25)23(20)29-22(26)17-11-5-4-8-15(17)14-30(27,28)16-9-2-1-3-10-16/h1-13H,14H2. The average Bonchev–Trinajstić information content (AvgIpc) is 2.99. The van der Waals surface area contributed by atoms with Crippen molar-refractivity contribution in [1.82, 2.24) is 5.06 Å². The Kier molecular flexibility index (Phi) is 4.93. The first-order valence-electron chi connectivity index (χ1n) is 8.94. The van der Waals surface area contributed by atoms with Crippen molar-refractivity contribution < 1.29 is 27.6 Å². The van der Waals surface area contributed by atoms with Gasteiger partial charge < -0.3 is 4.84 Å². The average molecular weight is 421 g/mol. The lowest BCUT2D eigenvalue weighted by atomic mass is 10.1. The molecule has 7 nitrogen and oxygen atoms in total. The molecule has 3 aromatic carbocycles. The normalized spacial score (nSPS) is 13.3. The van der Waals surface area contributed by atoms with Gasteiger partial charge in [0.2, 0.25) is 0 Å². The Morgan fingerprint density at radius 3 is 1.93 bits per heavy atom. The van der Waals surface area contributed by atoms with Gasteiger partial charge in [-0.2, -0.15) is 0 Å². The van der Waals surface area contributed by atoms with E-state index < -0.39 is 33.4 Å². The summed E-state index contributed by atoms with van der Waals surface area (Å²) in [5.74, 6) is -2.94. The molecule has 2 amide bonds. The molecule has 3 aromatic rings. The van der Waals surface area contributed by atoms with Gasteiger partial charge in [0.15, 0.2) is 9.84 Å². The molecule has 30 heavy (non-hydrogen) atoms. The summed E-state index contributed by atoms with van der Waals surface area (Å²) >= 11 is 0. The van der Waals surface area contributed by atoms with Crippen molar-refractivity contribution >= 4 is 27.6 Å². The minimum absolute atomic E-state index is 0.0476. The van der Waals surface area contributed by atoms with E-state index in [2.05, 4.69) is 0 Å². The molecule has 1 aliphatic rings. The molecule has 150 valence electrons. The van der Waals surface area contributed by atoms with Gasteiger partial charge >= 0.3 is 5.97 Å². The Balaban J connectivity index is 1.60. The molecular weight excluding hydrogens is 406 g/mol. The molecule has 1 heterocycles. The number of imide groups is 1. The number of carbonyl (C=O) groups excluding carboxylic acids is 3. The zero-order valence-corrected chi connectivity index (χ0v) is 16.3. The fourth-order valence-electron chi connectivity index (χ4n) is 3.14. The van der Waals surface area contributed by atoms with Gasteiger partial charge in [0.1, 0.15) is 0 Å². The van der Waals surface area contributed by atoms with Crippen LogP contribution in [0.25, 0.3) is 0 Å². The van der Waals surface area contributed by atoms with Crippen LogP contribution in [0.1, 0.15) is 36.6 Å². The maximum absolute atomic E-state index is 12.7. The highest BCUT2D eigenvalue weighted by molar-refractivity contribution is 7.90. The number of rotatable bonds is 5. The van der Waals surface area contributed by atoms with Crippen LogP contribution in [0.2, 0.25) is 0 Å². The second-order valence-electron chi connectivity index (χ2n) is 6.56. The summed E-state index contributed by atoms with van der Waals surface area (Å²) in [6.07, 6.45) is 0. The lowest BCUT2D eigenvalue weighted by Crippen LogP contribution is -2.33. The summed E-state index contributed by atoms with van der Waals surface area (Å²) in [5, 5.41) is 0.398. The Hall–Kier alpha value is -3.78. The largest absolute Gasteiger partial charge is 0.364 e. The molecule has 0 atom stereocenters. The number of amides is 2. The van der Waals surface area contributed by atoms with Crippen molar-refractivity contribution in [2.75, 3.05) is 0 Å². The lowest BCUT2D eigenvalue weighted by Gasteiger charge is -2.14. The summed E-state index contributed by atoms with van der Waals surface area (Å²) in [7, 11) is -3.72. The van der Waals surface area contributed by atoms with E-state index in [1.165, 1.54) is 42.5 Å². The number of nitrogens with zero attached hydrogens (tertiary/aromatic N) is 1. The maximum Gasteiger partial charge on any atom is 0.364 e. The molecule has 0 aliphatic carbocycles. The predicted octanol–water partition coefficient (Wildman–Crippen LogP) is 3.03. The molecule has 0 radical (unpaired) electrons. The zero-order valence-electron chi connectivity index (χ0n) is 15.5. The lowest BCUT2D eigenvalue weighted by molar-refractivity contribution is -0.0585. The van der Waals surface area contributed by atoms with Crippen LogP contribution in [-0.2, 0) is 20.4 Å². The highest BCUT2D eigenvalue weighted by Gasteiger charge is 2.39. The number of fused-ring (bicyclic) bond motifs is 1. The molecule has 0 unspecified atom stereocenters. The van der Waals surface area contributed by atoms with Crippen LogP contribution < -0.4 is 0 Å². The summed E-state index contributed by atoms with van der Waals surface area (Å²) in [5.41, 5.74) is 0.419. The van der Waals surface area contributed by atoms with Gasteiger partial charge in [-0.1, -0.05) is 53.6 Å². The van der Waals surface area contributed by atoms with E-state index >= 15 is 0 Å². The first-order chi connectivity index (χ1) is 14.4. The van der Waals surface area contributed by atoms with Crippen LogP contribution in [-0.4, -0.2) is 31.3 Å². The highest BCUT2D eigenvalue weighted by atomic mass is 32.2. The molecule has 0 saturated heterocycles. The molecule has 1 aliphatic heterocycles. The minimum atomic E-state index is -3.72. The van der Waals surface area contributed by atoms with E-state index in [9.17, 15) is 22.8 Å². The van der Waals surface area contributed by atoms with E-state index in [0.717, 1.165) is 0 Å². The second kappa shape index (κ2) is 7.57. The Morgan fingerprint density at radius 2 is 1.30 bits per heavy atom. The van der Waals surface area contributed by atoms with Crippen LogP contribution in [0, 0.1) is 0 Å². The number of sulfone groups is 1. The van der Waals surface area contributed by atoms with Crippen LogP contribution in [0.4, 0.5) is 0 Å². The topological polar surface area (TPSA) is 97.8 Å². The third-order valence-corrected chi connectivity index (χ3v) is 6.30. The van der Waals surface area contributed by atoms with Crippen molar-refractivity contribution in [1.29, 1.82) is 0 Å². The number of hydroxylamine groups is 2. The fraction of sp³-hybridized carbons (Fsp3) is 0.0455. The number of carbonyl (C=O) groups is 3. The smallest absolute Gasteiger partial charge is 0.324 e. The number of benzene rings is 3. The van der Waals surface area contributed by atoms with Crippen LogP contribution in [0.3, 0.4) is 0 Å². The molecular formula is C22H15NO6S. The summed E-state index contributed by atoms with van der Waals surface area (Å²) in [4.78, 5) is 42.7. The summed E-state index contributed by atoms with van der Waals surface area (Å²) in [6.45, 7) is 0. The van der Waals surface area contributed by atoms with E-state index in [1.807, 2.05) is 0 Å². The van der Waals surface area contributed by atoms with Crippen molar-refractivity contribution in [3.63, 3.8) is 0 Å². The summed E-state index contributed by atoms with van der Waals surface area (Å²) in [6, 6.07) is 20.0. The van der Waals surface area contributed by atoms with Crippen molar-refractivity contribution in [2.45, 2.75) is 10.6 Å². The van der Waals surface area contributed by atoms with Crippen LogP contribution in [0.15, 0.2) is 83.8 Å². The molecule has 0 aromatic heterocycles. The molecule has 0 N–H and O–H groups in total. The molecule has 4 rings (SSSR count). The monoisotopic (exact) mass is 421 g/mol. The van der Waals surface area contributed by atoms with Gasteiger partial charge in [0.25, 0.3) is 11.8 Å². The molecule has 0 bridgehead atoms. The number of hydrogen-bond acceptors (Lipinski definition) is 6. The third kappa shape index (κ3) is 3.48. The maximum atomic E-state index is 12.7. The Bertz CT molecular complexity index is 1230. The van der Waals surface area contributed by atoms with Crippen LogP contribution in [0.5, 0.6) is 0 Å². The van der Waals surface area contributed by atoms with Crippen molar-refractivity contribution in [3.05, 3.63) is 101 Å². The van der Waals surface area contributed by atoms with E-state index in [4.69, 9.17) is 4.84 Å². The van der Waals surface area contributed by atoms with Crippen molar-refractivity contribution in [3.8, 4) is 0 Å². The minimum Gasteiger partial charge on any atom is -0.324 e. The quantitative estimate of drug-likeness (QED) is 0.588. The van der Waals surface area contributed by atoms with E-state index in [1.54, 1.807) is 36.4 Å². The van der Waals surface area contributed by atoms with Gasteiger partial charge in [0.05, 0.1) is 27.3 Å². The molecule has 0 fully saturated rings. The molecule has 0 spiro atoms. The number of hydrogen-bond donors (Lipinski definition) is 0. The predicted molar refractivity (Wildman–Crippen MR) is 106 cm³/mol. The van der Waals surface area contributed by atoms with Crippen LogP contribution >= 0.6 is 0 Å². The SMILES string of the molecule is O=C(ON1C(=O)c2ccccc2C1=O)c1ccccc1CS(=O)(=O)c1ccccc1. The first kappa shape index (κ1) is 19.5. The van der Waals surface area contributed by atoms with Crippen molar-refractivity contribution in [2.24, 2.45) is 0 Å². The highest BCUT2D eigenvalue weighted by Crippen LogP contribution is 2.25. The van der Waals surface area contributed by atoms with Gasteiger partial charge in [0, 0.05) is 0 Å².